The Hall–Kier alpha value is -0.530. The first kappa shape index (κ1) is 18.5. The standard InChI is InChI=1S/C13H22F3N3O.ClH/c1-2-12(3-4-12)11(20)18-9-10(13(14,15)16)19-7-5-17-6-8-19;/h10,17H,2-9H2,1H3,(H,18,20);1H. The van der Waals surface area contributed by atoms with Gasteiger partial charge in [0, 0.05) is 38.1 Å². The SMILES string of the molecule is CCC1(C(=O)NCC(N2CCNCC2)C(F)(F)F)CC1.Cl. The molecule has 1 saturated carbocycles. The summed E-state index contributed by atoms with van der Waals surface area (Å²) in [5, 5.41) is 5.55. The summed E-state index contributed by atoms with van der Waals surface area (Å²) in [6, 6.07) is -1.58. The van der Waals surface area contributed by atoms with Crippen molar-refractivity contribution >= 4 is 18.3 Å². The van der Waals surface area contributed by atoms with Crippen molar-refractivity contribution in [1.29, 1.82) is 0 Å². The van der Waals surface area contributed by atoms with Crippen molar-refractivity contribution < 1.29 is 18.0 Å². The molecule has 124 valence electrons. The third kappa shape index (κ3) is 4.47. The van der Waals surface area contributed by atoms with E-state index in [0.29, 0.717) is 32.6 Å². The molecule has 1 aliphatic carbocycles. The number of carbonyl (C=O) groups is 1. The van der Waals surface area contributed by atoms with Crippen molar-refractivity contribution in [2.24, 2.45) is 5.41 Å². The highest BCUT2D eigenvalue weighted by molar-refractivity contribution is 5.85. The van der Waals surface area contributed by atoms with E-state index in [2.05, 4.69) is 10.6 Å². The monoisotopic (exact) mass is 329 g/mol. The van der Waals surface area contributed by atoms with Gasteiger partial charge in [-0.3, -0.25) is 9.69 Å². The first-order chi connectivity index (χ1) is 9.39. The van der Waals surface area contributed by atoms with Crippen LogP contribution in [0.2, 0.25) is 0 Å². The summed E-state index contributed by atoms with van der Waals surface area (Å²) in [5.74, 6) is -0.218. The molecule has 1 unspecified atom stereocenters. The highest BCUT2D eigenvalue weighted by Gasteiger charge is 2.49. The lowest BCUT2D eigenvalue weighted by Crippen LogP contribution is -2.58. The number of amides is 1. The van der Waals surface area contributed by atoms with Gasteiger partial charge in [-0.15, -0.1) is 12.4 Å². The van der Waals surface area contributed by atoms with Gasteiger partial charge >= 0.3 is 6.18 Å². The summed E-state index contributed by atoms with van der Waals surface area (Å²) in [4.78, 5) is 13.4. The van der Waals surface area contributed by atoms with Crippen LogP contribution in [0.4, 0.5) is 13.2 Å². The molecule has 21 heavy (non-hydrogen) atoms. The summed E-state index contributed by atoms with van der Waals surface area (Å²) in [6.07, 6.45) is -2.03. The van der Waals surface area contributed by atoms with Crippen molar-refractivity contribution in [3.8, 4) is 0 Å². The van der Waals surface area contributed by atoms with E-state index in [0.717, 1.165) is 12.8 Å². The quantitative estimate of drug-likeness (QED) is 0.804. The molecule has 2 fully saturated rings. The van der Waals surface area contributed by atoms with Crippen molar-refractivity contribution in [1.82, 2.24) is 15.5 Å². The zero-order valence-corrected chi connectivity index (χ0v) is 12.9. The molecule has 0 bridgehead atoms. The maximum atomic E-state index is 13.1. The minimum absolute atomic E-state index is 0. The Morgan fingerprint density at radius 1 is 1.33 bits per heavy atom. The largest absolute Gasteiger partial charge is 0.405 e. The van der Waals surface area contributed by atoms with Crippen LogP contribution >= 0.6 is 12.4 Å². The van der Waals surface area contributed by atoms with E-state index in [4.69, 9.17) is 0 Å². The first-order valence-corrected chi connectivity index (χ1v) is 7.19. The zero-order chi connectivity index (χ0) is 14.8. The van der Waals surface area contributed by atoms with Gasteiger partial charge in [-0.2, -0.15) is 13.2 Å². The van der Waals surface area contributed by atoms with Gasteiger partial charge in [0.1, 0.15) is 6.04 Å². The second-order valence-electron chi connectivity index (χ2n) is 5.69. The Labute approximate surface area is 129 Å². The third-order valence-corrected chi connectivity index (χ3v) is 4.44. The van der Waals surface area contributed by atoms with Crippen LogP contribution in [-0.4, -0.2) is 55.7 Å². The van der Waals surface area contributed by atoms with Crippen LogP contribution in [0.1, 0.15) is 26.2 Å². The van der Waals surface area contributed by atoms with E-state index in [1.54, 1.807) is 0 Å². The van der Waals surface area contributed by atoms with Crippen LogP contribution in [-0.2, 0) is 4.79 Å². The van der Waals surface area contributed by atoms with Gasteiger partial charge in [0.2, 0.25) is 5.91 Å². The van der Waals surface area contributed by atoms with Gasteiger partial charge in [-0.25, -0.2) is 0 Å². The molecule has 2 N–H and O–H groups in total. The van der Waals surface area contributed by atoms with Gasteiger partial charge in [0.05, 0.1) is 0 Å². The van der Waals surface area contributed by atoms with Crippen LogP contribution in [0.3, 0.4) is 0 Å². The molecule has 4 nitrogen and oxygen atoms in total. The Bertz CT molecular complexity index is 355. The molecular formula is C13H23ClF3N3O. The highest BCUT2D eigenvalue weighted by Crippen LogP contribution is 2.48. The Morgan fingerprint density at radius 3 is 2.33 bits per heavy atom. The predicted octanol–water partition coefficient (Wildman–Crippen LogP) is 1.55. The number of rotatable bonds is 5. The predicted molar refractivity (Wildman–Crippen MR) is 76.5 cm³/mol. The van der Waals surface area contributed by atoms with E-state index < -0.39 is 12.2 Å². The first-order valence-electron chi connectivity index (χ1n) is 7.19. The summed E-state index contributed by atoms with van der Waals surface area (Å²) < 4.78 is 39.4. The fraction of sp³-hybridized carbons (Fsp3) is 0.923. The average Bonchev–Trinajstić information content (AvgIpc) is 3.19. The molecule has 2 rings (SSSR count). The molecule has 8 heteroatoms. The Balaban J connectivity index is 0.00000220. The number of hydrogen-bond donors (Lipinski definition) is 2. The lowest BCUT2D eigenvalue weighted by molar-refractivity contribution is -0.184. The van der Waals surface area contributed by atoms with Crippen molar-refractivity contribution in [3.63, 3.8) is 0 Å². The summed E-state index contributed by atoms with van der Waals surface area (Å²) in [7, 11) is 0. The second-order valence-corrected chi connectivity index (χ2v) is 5.69. The van der Waals surface area contributed by atoms with Gasteiger partial charge in [-0.1, -0.05) is 6.92 Å². The van der Waals surface area contributed by atoms with Crippen LogP contribution in [0, 0.1) is 5.41 Å². The fourth-order valence-electron chi connectivity index (χ4n) is 2.71. The lowest BCUT2D eigenvalue weighted by atomic mass is 10.0. The third-order valence-electron chi connectivity index (χ3n) is 4.44. The van der Waals surface area contributed by atoms with Gasteiger partial charge in [0.25, 0.3) is 0 Å². The number of nitrogens with one attached hydrogen (secondary N) is 2. The summed E-state index contributed by atoms with van der Waals surface area (Å²) >= 11 is 0. The molecule has 0 aromatic rings. The Kier molecular flexibility index (Phi) is 6.31. The smallest absolute Gasteiger partial charge is 0.354 e. The zero-order valence-electron chi connectivity index (χ0n) is 12.1. The Morgan fingerprint density at radius 2 is 1.90 bits per heavy atom. The fourth-order valence-corrected chi connectivity index (χ4v) is 2.71. The van der Waals surface area contributed by atoms with Crippen molar-refractivity contribution in [3.05, 3.63) is 0 Å². The summed E-state index contributed by atoms with van der Waals surface area (Å²) in [6.45, 7) is 3.39. The second kappa shape index (κ2) is 7.15. The van der Waals surface area contributed by atoms with Gasteiger partial charge in [-0.05, 0) is 19.3 Å². The van der Waals surface area contributed by atoms with E-state index >= 15 is 0 Å². The molecule has 0 radical (unpaired) electrons. The van der Waals surface area contributed by atoms with E-state index in [9.17, 15) is 18.0 Å². The van der Waals surface area contributed by atoms with Gasteiger partial charge < -0.3 is 10.6 Å². The molecule has 1 aliphatic heterocycles. The lowest BCUT2D eigenvalue weighted by Gasteiger charge is -2.36. The average molecular weight is 330 g/mol. The molecule has 0 aromatic heterocycles. The molecular weight excluding hydrogens is 307 g/mol. The van der Waals surface area contributed by atoms with E-state index in [-0.39, 0.29) is 30.3 Å². The number of piperazine rings is 1. The van der Waals surface area contributed by atoms with Crippen molar-refractivity contribution in [2.75, 3.05) is 32.7 Å². The van der Waals surface area contributed by atoms with E-state index in [1.165, 1.54) is 4.90 Å². The maximum Gasteiger partial charge on any atom is 0.405 e. The molecule has 0 aromatic carbocycles. The van der Waals surface area contributed by atoms with Crippen LogP contribution in [0.25, 0.3) is 0 Å². The molecule has 1 saturated heterocycles. The summed E-state index contributed by atoms with van der Waals surface area (Å²) in [5.41, 5.74) is -0.389. The highest BCUT2D eigenvalue weighted by atomic mass is 35.5. The topological polar surface area (TPSA) is 44.4 Å². The maximum absolute atomic E-state index is 13.1. The molecule has 1 amide bonds. The van der Waals surface area contributed by atoms with E-state index in [1.807, 2.05) is 6.92 Å². The van der Waals surface area contributed by atoms with Gasteiger partial charge in [0.15, 0.2) is 0 Å². The van der Waals surface area contributed by atoms with Crippen LogP contribution in [0.15, 0.2) is 0 Å². The number of nitrogens with zero attached hydrogens (tertiary/aromatic N) is 1. The van der Waals surface area contributed by atoms with Crippen molar-refractivity contribution in [2.45, 2.75) is 38.4 Å². The van der Waals surface area contributed by atoms with Crippen LogP contribution in [0.5, 0.6) is 0 Å². The molecule has 2 aliphatic rings. The molecule has 1 atom stereocenters. The molecule has 0 spiro atoms. The normalized spacial score (nSPS) is 23.0. The van der Waals surface area contributed by atoms with Crippen LogP contribution < -0.4 is 10.6 Å². The number of carbonyl (C=O) groups excluding carboxylic acids is 1. The number of hydrogen-bond acceptors (Lipinski definition) is 3. The minimum atomic E-state index is -4.31. The number of halogens is 4. The minimum Gasteiger partial charge on any atom is -0.354 e. The molecule has 1 heterocycles. The number of alkyl halides is 3.